The molecule has 0 unspecified atom stereocenters. The molecule has 2 aromatic heterocycles. The van der Waals surface area contributed by atoms with E-state index in [4.69, 9.17) is 14.0 Å². The Labute approximate surface area is 269 Å². The molecule has 9 heteroatoms. The Morgan fingerprint density at radius 3 is 2.50 bits per heavy atom. The highest BCUT2D eigenvalue weighted by Gasteiger charge is 2.29. The first-order valence-corrected chi connectivity index (χ1v) is 15.6. The maximum atomic E-state index is 14.6. The zero-order chi connectivity index (χ0) is 31.9. The lowest BCUT2D eigenvalue weighted by Crippen LogP contribution is -2.38. The van der Waals surface area contributed by atoms with Gasteiger partial charge in [0.15, 0.2) is 0 Å². The SMILES string of the molecule is COc1ccc(-c2ccc3c(c2)CN(C(=O)c2c(-c4ccccc4OC)noc2C)CCN(Cc2ccccc2)CCCN3)cn1. The normalized spacial score (nSPS) is 14.1. The molecule has 6 rings (SSSR count). The van der Waals surface area contributed by atoms with Crippen LogP contribution in [0, 0.1) is 6.92 Å². The molecule has 0 saturated heterocycles. The third-order valence-electron chi connectivity index (χ3n) is 8.37. The van der Waals surface area contributed by atoms with Gasteiger partial charge in [-0.2, -0.15) is 0 Å². The molecule has 3 aromatic carbocycles. The third kappa shape index (κ3) is 6.89. The molecule has 1 N–H and O–H groups in total. The van der Waals surface area contributed by atoms with Gasteiger partial charge in [0.1, 0.15) is 22.8 Å². The van der Waals surface area contributed by atoms with Gasteiger partial charge in [0.2, 0.25) is 5.88 Å². The molecule has 1 amide bonds. The van der Waals surface area contributed by atoms with E-state index >= 15 is 0 Å². The topological polar surface area (TPSA) is 93.0 Å². The number of hydrogen-bond acceptors (Lipinski definition) is 8. The zero-order valence-corrected chi connectivity index (χ0v) is 26.5. The fraction of sp³-hybridized carbons (Fsp3) is 0.270. The molecule has 3 heterocycles. The number of nitrogens with zero attached hydrogens (tertiary/aromatic N) is 4. The van der Waals surface area contributed by atoms with E-state index in [0.29, 0.717) is 53.8 Å². The number of aromatic nitrogens is 2. The average molecular weight is 618 g/mol. The molecular formula is C37H39N5O4. The summed E-state index contributed by atoms with van der Waals surface area (Å²) in [6.45, 7) is 5.95. The quantitative estimate of drug-likeness (QED) is 0.216. The molecular weight excluding hydrogens is 578 g/mol. The number of fused-ring (bicyclic) bond motifs is 1. The number of rotatable bonds is 7. The van der Waals surface area contributed by atoms with E-state index < -0.39 is 0 Å². The van der Waals surface area contributed by atoms with Crippen LogP contribution in [0.15, 0.2) is 95.6 Å². The second-order valence-electron chi connectivity index (χ2n) is 11.4. The molecule has 46 heavy (non-hydrogen) atoms. The first kappa shape index (κ1) is 30.9. The Hall–Kier alpha value is -5.15. The molecule has 0 fully saturated rings. The van der Waals surface area contributed by atoms with Gasteiger partial charge in [-0.1, -0.05) is 53.7 Å². The number of methoxy groups -OCH3 is 2. The van der Waals surface area contributed by atoms with Crippen LogP contribution in [0.3, 0.4) is 0 Å². The summed E-state index contributed by atoms with van der Waals surface area (Å²) < 4.78 is 16.5. The first-order valence-electron chi connectivity index (χ1n) is 15.6. The Morgan fingerprint density at radius 2 is 1.72 bits per heavy atom. The van der Waals surface area contributed by atoms with E-state index in [9.17, 15) is 4.79 Å². The monoisotopic (exact) mass is 617 g/mol. The molecule has 0 spiro atoms. The summed E-state index contributed by atoms with van der Waals surface area (Å²) in [7, 11) is 3.22. The summed E-state index contributed by atoms with van der Waals surface area (Å²) in [5.74, 6) is 1.52. The number of anilines is 1. The molecule has 0 aliphatic carbocycles. The fourth-order valence-electron chi connectivity index (χ4n) is 5.91. The van der Waals surface area contributed by atoms with Crippen molar-refractivity contribution in [2.75, 3.05) is 45.7 Å². The van der Waals surface area contributed by atoms with Crippen molar-refractivity contribution in [2.24, 2.45) is 0 Å². The van der Waals surface area contributed by atoms with Crippen LogP contribution in [-0.4, -0.2) is 66.2 Å². The van der Waals surface area contributed by atoms with Crippen LogP contribution in [0.5, 0.6) is 11.6 Å². The Bertz CT molecular complexity index is 1770. The number of pyridine rings is 1. The molecule has 1 aliphatic rings. The molecule has 0 radical (unpaired) electrons. The molecule has 9 nitrogen and oxygen atoms in total. The van der Waals surface area contributed by atoms with Gasteiger partial charge >= 0.3 is 0 Å². The molecule has 236 valence electrons. The summed E-state index contributed by atoms with van der Waals surface area (Å²) in [4.78, 5) is 23.4. The van der Waals surface area contributed by atoms with Crippen LogP contribution in [0.4, 0.5) is 5.69 Å². The minimum Gasteiger partial charge on any atom is -0.496 e. The summed E-state index contributed by atoms with van der Waals surface area (Å²) in [6.07, 6.45) is 2.77. The van der Waals surface area contributed by atoms with Crippen LogP contribution in [-0.2, 0) is 13.1 Å². The lowest BCUT2D eigenvalue weighted by Gasteiger charge is -2.28. The van der Waals surface area contributed by atoms with Crippen molar-refractivity contribution in [3.63, 3.8) is 0 Å². The number of nitrogens with one attached hydrogen (secondary N) is 1. The Kier molecular flexibility index (Phi) is 9.59. The van der Waals surface area contributed by atoms with Crippen molar-refractivity contribution >= 4 is 11.6 Å². The van der Waals surface area contributed by atoms with Crippen LogP contribution in [0.1, 0.15) is 33.7 Å². The van der Waals surface area contributed by atoms with Crippen LogP contribution >= 0.6 is 0 Å². The molecule has 5 aromatic rings. The largest absolute Gasteiger partial charge is 0.496 e. The Morgan fingerprint density at radius 1 is 0.913 bits per heavy atom. The maximum absolute atomic E-state index is 14.6. The number of carbonyl (C=O) groups excluding carboxylic acids is 1. The van der Waals surface area contributed by atoms with Gasteiger partial charge in [0.05, 0.1) is 14.2 Å². The van der Waals surface area contributed by atoms with Crippen molar-refractivity contribution < 1.29 is 18.8 Å². The number of benzene rings is 3. The number of amides is 1. The number of hydrogen-bond donors (Lipinski definition) is 1. The van der Waals surface area contributed by atoms with Gasteiger partial charge in [-0.05, 0) is 60.4 Å². The second-order valence-corrected chi connectivity index (χ2v) is 11.4. The standard InChI is InChI=1S/C37H39N5O4/c1-26-35(36(40-46-26)31-12-7-8-13-33(31)44-2)37(43)42-21-20-41(24-27-10-5-4-6-11-27)19-9-18-38-32-16-14-28(22-30(32)25-42)29-15-17-34(45-3)39-23-29/h4-8,10-17,22-23,38H,9,18-21,24-25H2,1-3H3. The second kappa shape index (κ2) is 14.3. The van der Waals surface area contributed by atoms with Crippen molar-refractivity contribution in [3.8, 4) is 34.0 Å². The van der Waals surface area contributed by atoms with Crippen LogP contribution < -0.4 is 14.8 Å². The van der Waals surface area contributed by atoms with Crippen LogP contribution in [0.25, 0.3) is 22.4 Å². The summed E-state index contributed by atoms with van der Waals surface area (Å²) in [5, 5.41) is 7.99. The van der Waals surface area contributed by atoms with E-state index in [-0.39, 0.29) is 5.91 Å². The predicted molar refractivity (Wildman–Crippen MR) is 179 cm³/mol. The lowest BCUT2D eigenvalue weighted by atomic mass is 10.0. The van der Waals surface area contributed by atoms with Gasteiger partial charge in [-0.15, -0.1) is 0 Å². The van der Waals surface area contributed by atoms with E-state index in [1.165, 1.54) is 5.56 Å². The molecule has 0 saturated carbocycles. The fourth-order valence-corrected chi connectivity index (χ4v) is 5.91. The van der Waals surface area contributed by atoms with Crippen LogP contribution in [0.2, 0.25) is 0 Å². The van der Waals surface area contributed by atoms with Gasteiger partial charge in [0.25, 0.3) is 5.91 Å². The number of para-hydroxylation sites is 1. The van der Waals surface area contributed by atoms with E-state index in [1.54, 1.807) is 21.1 Å². The van der Waals surface area contributed by atoms with Crippen molar-refractivity contribution in [1.82, 2.24) is 19.9 Å². The summed E-state index contributed by atoms with van der Waals surface area (Å²) in [5.41, 5.74) is 6.89. The molecule has 0 bridgehead atoms. The zero-order valence-electron chi connectivity index (χ0n) is 26.5. The Balaban J connectivity index is 1.38. The number of aryl methyl sites for hydroxylation is 1. The highest BCUT2D eigenvalue weighted by molar-refractivity contribution is 6.01. The third-order valence-corrected chi connectivity index (χ3v) is 8.37. The van der Waals surface area contributed by atoms with Crippen molar-refractivity contribution in [2.45, 2.75) is 26.4 Å². The van der Waals surface area contributed by atoms with Gasteiger partial charge < -0.3 is 24.2 Å². The van der Waals surface area contributed by atoms with Gasteiger partial charge in [0, 0.05) is 68.3 Å². The van der Waals surface area contributed by atoms with E-state index in [1.807, 2.05) is 53.6 Å². The van der Waals surface area contributed by atoms with Crippen molar-refractivity contribution in [1.29, 1.82) is 0 Å². The lowest BCUT2D eigenvalue weighted by molar-refractivity contribution is 0.0719. The van der Waals surface area contributed by atoms with Gasteiger partial charge in [-0.3, -0.25) is 9.69 Å². The average Bonchev–Trinajstić information content (AvgIpc) is 3.47. The first-order chi connectivity index (χ1) is 22.5. The van der Waals surface area contributed by atoms with Crippen molar-refractivity contribution in [3.05, 3.63) is 114 Å². The highest BCUT2D eigenvalue weighted by Crippen LogP contribution is 2.34. The predicted octanol–water partition coefficient (Wildman–Crippen LogP) is 6.69. The smallest absolute Gasteiger partial charge is 0.260 e. The minimum absolute atomic E-state index is 0.138. The minimum atomic E-state index is -0.138. The number of ether oxygens (including phenoxy) is 2. The van der Waals surface area contributed by atoms with E-state index in [2.05, 4.69) is 62.8 Å². The van der Waals surface area contributed by atoms with Gasteiger partial charge in [-0.25, -0.2) is 4.98 Å². The molecule has 1 aliphatic heterocycles. The highest BCUT2D eigenvalue weighted by atomic mass is 16.5. The maximum Gasteiger partial charge on any atom is 0.260 e. The summed E-state index contributed by atoms with van der Waals surface area (Å²) >= 11 is 0. The van der Waals surface area contributed by atoms with E-state index in [0.717, 1.165) is 48.4 Å². The summed E-state index contributed by atoms with van der Waals surface area (Å²) in [6, 6.07) is 28.2. The number of carbonyl (C=O) groups is 1. The molecule has 0 atom stereocenters.